The number of hydrogen-bond acceptors (Lipinski definition) is 4. The Bertz CT molecular complexity index is 482. The van der Waals surface area contributed by atoms with Gasteiger partial charge in [0.15, 0.2) is 5.54 Å². The highest BCUT2D eigenvalue weighted by Crippen LogP contribution is 2.42. The van der Waals surface area contributed by atoms with Crippen LogP contribution in [0.25, 0.3) is 0 Å². The van der Waals surface area contributed by atoms with Crippen LogP contribution in [0.3, 0.4) is 0 Å². The van der Waals surface area contributed by atoms with E-state index < -0.39 is 5.54 Å². The van der Waals surface area contributed by atoms with E-state index in [4.69, 9.17) is 9.47 Å². The summed E-state index contributed by atoms with van der Waals surface area (Å²) in [5.41, 5.74) is 0.417. The van der Waals surface area contributed by atoms with Crippen molar-refractivity contribution >= 4 is 11.7 Å². The number of benzene rings is 1. The molecule has 1 saturated carbocycles. The van der Waals surface area contributed by atoms with E-state index in [0.29, 0.717) is 5.69 Å². The lowest BCUT2D eigenvalue weighted by Gasteiger charge is -2.32. The van der Waals surface area contributed by atoms with Crippen molar-refractivity contribution in [2.45, 2.75) is 25.3 Å². The van der Waals surface area contributed by atoms with Gasteiger partial charge in [0.05, 0.1) is 13.7 Å². The molecule has 4 nitrogen and oxygen atoms in total. The zero-order valence-corrected chi connectivity index (χ0v) is 12.0. The van der Waals surface area contributed by atoms with Crippen LogP contribution in [0.1, 0.15) is 18.4 Å². The van der Waals surface area contributed by atoms with Crippen LogP contribution >= 0.6 is 0 Å². The van der Waals surface area contributed by atoms with Gasteiger partial charge in [-0.1, -0.05) is 0 Å². The summed E-state index contributed by atoms with van der Waals surface area (Å²) in [6.07, 6.45) is 1.86. The molecular weight excluding hydrogens is 261 g/mol. The fourth-order valence-corrected chi connectivity index (χ4v) is 2.58. The predicted molar refractivity (Wildman–Crippen MR) is 74.1 cm³/mol. The molecule has 0 spiro atoms. The number of ether oxygens (including phenoxy) is 2. The van der Waals surface area contributed by atoms with Crippen LogP contribution in [-0.2, 0) is 14.3 Å². The molecule has 2 rings (SSSR count). The third-order valence-electron chi connectivity index (χ3n) is 3.61. The van der Waals surface area contributed by atoms with Crippen molar-refractivity contribution in [3.63, 3.8) is 0 Å². The second-order valence-electron chi connectivity index (χ2n) is 5.31. The molecule has 1 atom stereocenters. The Kier molecular flexibility index (Phi) is 4.28. The highest BCUT2D eigenvalue weighted by molar-refractivity contribution is 5.86. The summed E-state index contributed by atoms with van der Waals surface area (Å²) in [5.74, 6) is -0.554. The molecule has 0 heterocycles. The molecule has 1 unspecified atom stereocenters. The minimum Gasteiger partial charge on any atom is -0.467 e. The van der Waals surface area contributed by atoms with Crippen molar-refractivity contribution in [2.24, 2.45) is 5.92 Å². The van der Waals surface area contributed by atoms with Crippen molar-refractivity contribution in [3.05, 3.63) is 29.6 Å². The number of rotatable bonds is 6. The van der Waals surface area contributed by atoms with Gasteiger partial charge < -0.3 is 14.8 Å². The molecule has 0 aromatic heterocycles. The van der Waals surface area contributed by atoms with Gasteiger partial charge >= 0.3 is 5.97 Å². The second-order valence-corrected chi connectivity index (χ2v) is 5.31. The van der Waals surface area contributed by atoms with Gasteiger partial charge in [0.25, 0.3) is 0 Å². The van der Waals surface area contributed by atoms with E-state index in [0.717, 1.165) is 18.4 Å². The first-order valence-electron chi connectivity index (χ1n) is 6.64. The Morgan fingerprint density at radius 2 is 2.10 bits per heavy atom. The molecule has 110 valence electrons. The van der Waals surface area contributed by atoms with Gasteiger partial charge in [-0.2, -0.15) is 0 Å². The highest BCUT2D eigenvalue weighted by atomic mass is 19.1. The third-order valence-corrected chi connectivity index (χ3v) is 3.61. The van der Waals surface area contributed by atoms with E-state index >= 15 is 0 Å². The normalized spacial score (nSPS) is 17.4. The van der Waals surface area contributed by atoms with E-state index in [2.05, 4.69) is 5.32 Å². The summed E-state index contributed by atoms with van der Waals surface area (Å²) in [5, 5.41) is 3.15. The molecule has 0 saturated heterocycles. The van der Waals surface area contributed by atoms with Crippen LogP contribution in [0.15, 0.2) is 18.2 Å². The van der Waals surface area contributed by atoms with Gasteiger partial charge in [-0.15, -0.1) is 0 Å². The summed E-state index contributed by atoms with van der Waals surface area (Å²) >= 11 is 0. The third kappa shape index (κ3) is 2.93. The molecule has 1 fully saturated rings. The topological polar surface area (TPSA) is 47.6 Å². The van der Waals surface area contributed by atoms with Crippen LogP contribution in [0.2, 0.25) is 0 Å². The summed E-state index contributed by atoms with van der Waals surface area (Å²) in [4.78, 5) is 12.2. The zero-order valence-electron chi connectivity index (χ0n) is 12.0. The molecule has 0 amide bonds. The first-order chi connectivity index (χ1) is 9.51. The van der Waals surface area contributed by atoms with Crippen LogP contribution in [0.5, 0.6) is 0 Å². The molecular formula is C15H20FNO3. The first kappa shape index (κ1) is 14.8. The fraction of sp³-hybridized carbons (Fsp3) is 0.533. The summed E-state index contributed by atoms with van der Waals surface area (Å²) in [6.45, 7) is 2.00. The first-order valence-corrected chi connectivity index (χ1v) is 6.64. The lowest BCUT2D eigenvalue weighted by Crippen LogP contribution is -2.53. The smallest absolute Gasteiger partial charge is 0.334 e. The van der Waals surface area contributed by atoms with Crippen molar-refractivity contribution < 1.29 is 18.7 Å². The number of halogens is 1. The summed E-state index contributed by atoms with van der Waals surface area (Å²) in [7, 11) is 2.90. The van der Waals surface area contributed by atoms with Crippen LogP contribution in [0.4, 0.5) is 10.1 Å². The molecule has 5 heteroatoms. The molecule has 1 aromatic carbocycles. The number of methoxy groups -OCH3 is 2. The average Bonchev–Trinajstić information content (AvgIpc) is 3.20. The number of hydrogen-bond donors (Lipinski definition) is 1. The SMILES string of the molecule is COCC(Nc1cc(C)cc(F)c1)(C(=O)OC)C1CC1. The van der Waals surface area contributed by atoms with Crippen molar-refractivity contribution in [1.29, 1.82) is 0 Å². The standard InChI is InChI=1S/C15H20FNO3/c1-10-6-12(16)8-13(7-10)17-15(9-19-2,11-4-5-11)14(18)20-3/h6-8,11,17H,4-5,9H2,1-3H3. The number of carbonyl (C=O) groups is 1. The average molecular weight is 281 g/mol. The monoisotopic (exact) mass is 281 g/mol. The molecule has 0 aliphatic heterocycles. The highest BCUT2D eigenvalue weighted by Gasteiger charge is 2.52. The van der Waals surface area contributed by atoms with E-state index in [1.54, 1.807) is 13.2 Å². The van der Waals surface area contributed by atoms with Gasteiger partial charge in [0, 0.05) is 12.8 Å². The van der Waals surface area contributed by atoms with Crippen molar-refractivity contribution in [1.82, 2.24) is 0 Å². The quantitative estimate of drug-likeness (QED) is 0.814. The molecule has 1 aromatic rings. The Balaban J connectivity index is 2.33. The molecule has 20 heavy (non-hydrogen) atoms. The molecule has 1 N–H and O–H groups in total. The Morgan fingerprint density at radius 3 is 2.60 bits per heavy atom. The number of esters is 1. The number of aryl methyl sites for hydroxylation is 1. The lowest BCUT2D eigenvalue weighted by molar-refractivity contribution is -0.149. The minimum absolute atomic E-state index is 0.151. The number of carbonyl (C=O) groups excluding carboxylic acids is 1. The Hall–Kier alpha value is -1.62. The fourth-order valence-electron chi connectivity index (χ4n) is 2.58. The summed E-state index contributed by atoms with van der Waals surface area (Å²) in [6, 6.07) is 4.62. The summed E-state index contributed by atoms with van der Waals surface area (Å²) < 4.78 is 23.6. The second kappa shape index (κ2) is 5.79. The van der Waals surface area contributed by atoms with E-state index in [-0.39, 0.29) is 24.3 Å². The van der Waals surface area contributed by atoms with Gasteiger partial charge in [-0.3, -0.25) is 0 Å². The van der Waals surface area contributed by atoms with Gasteiger partial charge in [-0.25, -0.2) is 9.18 Å². The maximum atomic E-state index is 13.5. The van der Waals surface area contributed by atoms with E-state index in [1.807, 2.05) is 6.92 Å². The van der Waals surface area contributed by atoms with Gasteiger partial charge in [0.1, 0.15) is 5.82 Å². The minimum atomic E-state index is -0.941. The van der Waals surface area contributed by atoms with E-state index in [9.17, 15) is 9.18 Å². The Labute approximate surface area is 118 Å². The van der Waals surface area contributed by atoms with Crippen LogP contribution < -0.4 is 5.32 Å². The predicted octanol–water partition coefficient (Wildman–Crippen LogP) is 2.51. The molecule has 1 aliphatic rings. The Morgan fingerprint density at radius 1 is 1.40 bits per heavy atom. The maximum Gasteiger partial charge on any atom is 0.334 e. The van der Waals surface area contributed by atoms with Crippen molar-refractivity contribution in [3.8, 4) is 0 Å². The van der Waals surface area contributed by atoms with Crippen LogP contribution in [0, 0.1) is 18.7 Å². The lowest BCUT2D eigenvalue weighted by atomic mass is 9.93. The van der Waals surface area contributed by atoms with Gasteiger partial charge in [0.2, 0.25) is 0 Å². The zero-order chi connectivity index (χ0) is 14.8. The molecule has 1 aliphatic carbocycles. The van der Waals surface area contributed by atoms with Crippen molar-refractivity contribution in [2.75, 3.05) is 26.1 Å². The maximum absolute atomic E-state index is 13.5. The largest absolute Gasteiger partial charge is 0.467 e. The number of anilines is 1. The number of nitrogens with one attached hydrogen (secondary N) is 1. The molecule has 0 bridgehead atoms. The van der Waals surface area contributed by atoms with Gasteiger partial charge in [-0.05, 0) is 49.4 Å². The molecule has 0 radical (unpaired) electrons. The van der Waals surface area contributed by atoms with Crippen LogP contribution in [-0.4, -0.2) is 32.3 Å². The van der Waals surface area contributed by atoms with E-state index in [1.165, 1.54) is 19.2 Å².